The molecule has 0 aliphatic carbocycles. The van der Waals surface area contributed by atoms with Crippen LogP contribution in [0.25, 0.3) is 20.9 Å². The largest absolute Gasteiger partial charge is 0.463 e. The second kappa shape index (κ2) is 18.7. The third-order valence-corrected chi connectivity index (χ3v) is 8.92. The molecule has 0 amide bonds. The van der Waals surface area contributed by atoms with E-state index < -0.39 is 92.1 Å². The van der Waals surface area contributed by atoms with Gasteiger partial charge >= 0.3 is 17.9 Å². The van der Waals surface area contributed by atoms with E-state index in [9.17, 15) is 25.4 Å². The Bertz CT molecular complexity index is 1860. The number of benzene rings is 3. The first-order valence-electron chi connectivity index (χ1n) is 17.3. The monoisotopic (exact) mass is 758 g/mol. The van der Waals surface area contributed by atoms with Gasteiger partial charge in [-0.25, -0.2) is 4.79 Å². The van der Waals surface area contributed by atoms with Crippen LogP contribution in [0.1, 0.15) is 41.6 Å². The Kier molecular flexibility index (Phi) is 13.3. The third-order valence-electron chi connectivity index (χ3n) is 8.92. The quantitative estimate of drug-likeness (QED) is 0.0717. The molecule has 3 saturated heterocycles. The van der Waals surface area contributed by atoms with Crippen molar-refractivity contribution in [3.8, 4) is 0 Å². The van der Waals surface area contributed by atoms with E-state index in [4.69, 9.17) is 42.6 Å². The highest BCUT2D eigenvalue weighted by molar-refractivity contribution is 5.89. The molecule has 3 aromatic rings. The maximum absolute atomic E-state index is 13.8. The molecule has 0 spiro atoms. The smallest absolute Gasteiger partial charge is 0.338 e. The molecule has 18 nitrogen and oxygen atoms in total. The first kappa shape index (κ1) is 39.2. The highest BCUT2D eigenvalue weighted by atomic mass is 16.8. The molecule has 18 heteroatoms. The van der Waals surface area contributed by atoms with Crippen LogP contribution < -0.4 is 0 Å². The molecule has 1 unspecified atom stereocenters. The molecular weight excluding hydrogens is 720 g/mol. The Morgan fingerprint density at radius 3 is 2.05 bits per heavy atom. The molecule has 3 aliphatic heterocycles. The van der Waals surface area contributed by atoms with Crippen LogP contribution in [-0.4, -0.2) is 92.4 Å². The lowest BCUT2D eigenvalue weighted by atomic mass is 9.93. The fourth-order valence-corrected chi connectivity index (χ4v) is 6.48. The summed E-state index contributed by atoms with van der Waals surface area (Å²) in [4.78, 5) is 43.7. The van der Waals surface area contributed by atoms with Crippen LogP contribution in [0.3, 0.4) is 0 Å². The maximum Gasteiger partial charge on any atom is 0.338 e. The van der Waals surface area contributed by atoms with Crippen molar-refractivity contribution in [2.45, 2.75) is 88.0 Å². The highest BCUT2D eigenvalue weighted by Crippen LogP contribution is 2.40. The van der Waals surface area contributed by atoms with Gasteiger partial charge in [0.15, 0.2) is 25.0 Å². The summed E-state index contributed by atoms with van der Waals surface area (Å²) in [7, 11) is 0. The van der Waals surface area contributed by atoms with Crippen molar-refractivity contribution < 1.29 is 57.0 Å². The fraction of sp³-hybridized carbons (Fsp3) is 0.432. The van der Waals surface area contributed by atoms with Gasteiger partial charge in [0.1, 0.15) is 43.2 Å². The average molecular weight is 759 g/mol. The van der Waals surface area contributed by atoms with Crippen molar-refractivity contribution in [3.63, 3.8) is 0 Å². The summed E-state index contributed by atoms with van der Waals surface area (Å²) in [6.07, 6.45) is -11.0. The molecule has 3 aliphatic rings. The van der Waals surface area contributed by atoms with Crippen molar-refractivity contribution in [3.05, 3.63) is 129 Å². The Hall–Kier alpha value is -5.55. The Balaban J connectivity index is 1.42. The summed E-state index contributed by atoms with van der Waals surface area (Å²) in [6, 6.07) is 23.7. The van der Waals surface area contributed by atoms with Crippen molar-refractivity contribution >= 4 is 17.9 Å². The van der Waals surface area contributed by atoms with Crippen LogP contribution in [0, 0.1) is 0 Å². The zero-order valence-electron chi connectivity index (χ0n) is 29.7. The molecule has 288 valence electrons. The van der Waals surface area contributed by atoms with Crippen molar-refractivity contribution in [1.82, 2.24) is 0 Å². The molecule has 0 saturated carbocycles. The molecule has 11 atom stereocenters. The van der Waals surface area contributed by atoms with Gasteiger partial charge in [-0.05, 0) is 28.8 Å². The SMILES string of the molecule is CC(=O)OC[C@H]1O[C@@H](O[C@H]2[C@H]3OC(c4ccccc4)OC[C@H]3O[C@@H](OCc3ccccc3)[C@@H]2OC(=O)c2ccccc2)[C@@H](N=[N+]=[N-])[C@@H](N=[N+]=[N-])[C@@H]1OC(C)=O. The maximum atomic E-state index is 13.8. The zero-order chi connectivity index (χ0) is 38.7. The molecular formula is C37H38N6O12. The molecule has 3 heterocycles. The van der Waals surface area contributed by atoms with Crippen molar-refractivity contribution in [2.24, 2.45) is 10.2 Å². The summed E-state index contributed by atoms with van der Waals surface area (Å²) in [5, 5.41) is 7.65. The van der Waals surface area contributed by atoms with Crippen LogP contribution >= 0.6 is 0 Å². The molecule has 0 aromatic heterocycles. The average Bonchev–Trinajstić information content (AvgIpc) is 3.20. The summed E-state index contributed by atoms with van der Waals surface area (Å²) in [6.45, 7) is 1.85. The highest BCUT2D eigenvalue weighted by Gasteiger charge is 2.56. The molecule has 3 aromatic carbocycles. The first-order valence-corrected chi connectivity index (χ1v) is 17.3. The number of nitrogens with zero attached hydrogens (tertiary/aromatic N) is 6. The van der Waals surface area contributed by atoms with E-state index >= 15 is 0 Å². The predicted octanol–water partition coefficient (Wildman–Crippen LogP) is 5.23. The Morgan fingerprint density at radius 2 is 1.40 bits per heavy atom. The molecule has 3 fully saturated rings. The number of fused-ring (bicyclic) bond motifs is 1. The Labute approximate surface area is 314 Å². The molecule has 0 radical (unpaired) electrons. The number of carbonyl (C=O) groups excluding carboxylic acids is 3. The zero-order valence-corrected chi connectivity index (χ0v) is 29.7. The van der Waals surface area contributed by atoms with E-state index in [1.54, 1.807) is 30.3 Å². The lowest BCUT2D eigenvalue weighted by molar-refractivity contribution is -0.384. The van der Waals surface area contributed by atoms with Gasteiger partial charge < -0.3 is 42.6 Å². The van der Waals surface area contributed by atoms with Crippen LogP contribution in [-0.2, 0) is 58.8 Å². The standard InChI is InChI=1S/C37H38N6O12/c1-21(44)47-19-26-30(50-22(2)45)28(40-42-38)29(41-43-39)36(51-26)55-32-31-27(20-49-35(54-31)25-16-10-5-11-17-25)52-37(48-18-23-12-6-3-7-13-23)33(32)53-34(46)24-14-8-4-9-15-24/h3-17,26-33,35-37H,18-20H2,1-2H3/t26-,27-,28-,29+,30-,31+,32+,33-,35?,36+,37-/m1/s1. The second-order valence-electron chi connectivity index (χ2n) is 12.7. The van der Waals surface area contributed by atoms with Crippen LogP contribution in [0.2, 0.25) is 0 Å². The number of ether oxygens (including phenoxy) is 9. The minimum atomic E-state index is -1.60. The number of hydrogen-bond donors (Lipinski definition) is 0. The van der Waals surface area contributed by atoms with Crippen LogP contribution in [0.4, 0.5) is 0 Å². The second-order valence-corrected chi connectivity index (χ2v) is 12.7. The number of azide groups is 2. The molecule has 6 rings (SSSR count). The van der Waals surface area contributed by atoms with E-state index in [0.717, 1.165) is 12.5 Å². The molecule has 55 heavy (non-hydrogen) atoms. The van der Waals surface area contributed by atoms with Gasteiger partial charge in [0.2, 0.25) is 0 Å². The van der Waals surface area contributed by atoms with E-state index in [0.29, 0.717) is 5.56 Å². The Morgan fingerprint density at radius 1 is 0.745 bits per heavy atom. The van der Waals surface area contributed by atoms with E-state index in [1.165, 1.54) is 6.92 Å². The summed E-state index contributed by atoms with van der Waals surface area (Å²) in [5.74, 6) is -2.20. The van der Waals surface area contributed by atoms with Gasteiger partial charge in [-0.1, -0.05) is 89.1 Å². The number of hydrogen-bond acceptors (Lipinski definition) is 14. The normalized spacial score (nSPS) is 30.0. The molecule has 0 bridgehead atoms. The van der Waals surface area contributed by atoms with Gasteiger partial charge in [0.25, 0.3) is 0 Å². The number of esters is 3. The van der Waals surface area contributed by atoms with Crippen LogP contribution in [0.15, 0.2) is 101 Å². The lowest BCUT2D eigenvalue weighted by Crippen LogP contribution is -2.66. The summed E-state index contributed by atoms with van der Waals surface area (Å²) in [5.41, 5.74) is 21.0. The topological polar surface area (TPSA) is 232 Å². The van der Waals surface area contributed by atoms with Gasteiger partial charge in [-0.2, -0.15) is 0 Å². The van der Waals surface area contributed by atoms with E-state index in [1.807, 2.05) is 60.7 Å². The third kappa shape index (κ3) is 9.77. The fourth-order valence-electron chi connectivity index (χ4n) is 6.48. The summed E-state index contributed by atoms with van der Waals surface area (Å²) >= 11 is 0. The summed E-state index contributed by atoms with van der Waals surface area (Å²) < 4.78 is 55.1. The number of rotatable bonds is 13. The minimum absolute atomic E-state index is 0.00904. The minimum Gasteiger partial charge on any atom is -0.463 e. The molecule has 0 N–H and O–H groups in total. The van der Waals surface area contributed by atoms with Crippen molar-refractivity contribution in [1.29, 1.82) is 0 Å². The van der Waals surface area contributed by atoms with Crippen molar-refractivity contribution in [2.75, 3.05) is 13.2 Å². The van der Waals surface area contributed by atoms with E-state index in [-0.39, 0.29) is 18.8 Å². The van der Waals surface area contributed by atoms with Crippen LogP contribution in [0.5, 0.6) is 0 Å². The van der Waals surface area contributed by atoms with Gasteiger partial charge in [0.05, 0.1) is 24.8 Å². The van der Waals surface area contributed by atoms with E-state index in [2.05, 4.69) is 20.1 Å². The van der Waals surface area contributed by atoms with Gasteiger partial charge in [0, 0.05) is 29.2 Å². The predicted molar refractivity (Wildman–Crippen MR) is 187 cm³/mol. The first-order chi connectivity index (χ1) is 26.7. The number of carbonyl (C=O) groups is 3. The lowest BCUT2D eigenvalue weighted by Gasteiger charge is -2.50. The van der Waals surface area contributed by atoms with Gasteiger partial charge in [-0.3, -0.25) is 9.59 Å². The van der Waals surface area contributed by atoms with Gasteiger partial charge in [-0.15, -0.1) is 0 Å².